The Morgan fingerprint density at radius 3 is 0.690 bits per heavy atom. The second-order valence-electron chi connectivity index (χ2n) is 7.03. The molecule has 0 fully saturated rings. The van der Waals surface area contributed by atoms with Crippen LogP contribution in [0.15, 0.2) is 0 Å². The Bertz CT molecular complexity index is 349. The van der Waals surface area contributed by atoms with Gasteiger partial charge in [0.05, 0.1) is 39.8 Å². The molecule has 0 saturated carbocycles. The molecule has 29 heavy (non-hydrogen) atoms. The molecule has 0 aromatic rings. The van der Waals surface area contributed by atoms with E-state index in [4.69, 9.17) is 0 Å². The summed E-state index contributed by atoms with van der Waals surface area (Å²) in [5.74, 6) is 0. The summed E-state index contributed by atoms with van der Waals surface area (Å²) in [5.41, 5.74) is 15.0. The molecular weight excluding hydrogens is 422 g/mol. The van der Waals surface area contributed by atoms with E-state index in [0.29, 0.717) is 24.2 Å². The predicted molar refractivity (Wildman–Crippen MR) is 107 cm³/mol. The molecule has 0 radical (unpaired) electrons. The monoisotopic (exact) mass is 470 g/mol. The Hall–Kier alpha value is 0.100. The lowest BCUT2D eigenvalue weighted by Gasteiger charge is -2.39. The van der Waals surface area contributed by atoms with Crippen LogP contribution >= 0.6 is 15.6 Å². The van der Waals surface area contributed by atoms with Crippen molar-refractivity contribution in [1.82, 2.24) is 0 Å². The van der Waals surface area contributed by atoms with Gasteiger partial charge in [-0.1, -0.05) is 27.7 Å². The summed E-state index contributed by atoms with van der Waals surface area (Å²) < 4.78 is 21.2. The van der Waals surface area contributed by atoms with E-state index >= 15 is 0 Å². The van der Waals surface area contributed by atoms with Crippen molar-refractivity contribution < 1.29 is 55.9 Å². The minimum Gasteiger partial charge on any atom is -0.790 e. The molecule has 0 rings (SSSR count). The van der Waals surface area contributed by atoms with Crippen LogP contribution in [0.4, 0.5) is 0 Å². The lowest BCUT2D eigenvalue weighted by atomic mass is 10.3. The van der Waals surface area contributed by atoms with Crippen LogP contribution in [-0.2, 0) is 13.4 Å². The van der Waals surface area contributed by atoms with Crippen molar-refractivity contribution in [3.63, 3.8) is 0 Å². The van der Waals surface area contributed by atoms with Crippen molar-refractivity contribution in [2.75, 3.05) is 0 Å². The lowest BCUT2D eigenvalue weighted by molar-refractivity contribution is -0.414. The molecule has 0 aliphatic carbocycles. The molecule has 4 atom stereocenters. The van der Waals surface area contributed by atoms with Crippen LogP contribution in [0.1, 0.15) is 81.1 Å². The highest BCUT2D eigenvalue weighted by molar-refractivity contribution is 7.57. The highest BCUT2D eigenvalue weighted by Gasteiger charge is 1.92. The topological polar surface area (TPSA) is 246 Å². The van der Waals surface area contributed by atoms with Crippen LogP contribution < -0.4 is 42.5 Å². The summed E-state index contributed by atoms with van der Waals surface area (Å²) in [6.07, 6.45) is 4.78. The van der Waals surface area contributed by atoms with Gasteiger partial charge in [0.2, 0.25) is 0 Å². The molecule has 0 aromatic carbocycles. The summed E-state index contributed by atoms with van der Waals surface area (Å²) in [4.78, 5) is 37.3. The van der Waals surface area contributed by atoms with Gasteiger partial charge in [-0.2, -0.15) is 0 Å². The highest BCUT2D eigenvalue weighted by Crippen LogP contribution is 2.42. The van der Waals surface area contributed by atoms with E-state index < -0.39 is 15.6 Å². The summed E-state index contributed by atoms with van der Waals surface area (Å²) >= 11 is 0. The molecule has 0 aliphatic heterocycles. The molecule has 0 saturated heterocycles. The fourth-order valence-corrected chi connectivity index (χ4v) is 1.10. The van der Waals surface area contributed by atoms with Gasteiger partial charge in [0, 0.05) is 0 Å². The Labute approximate surface area is 177 Å². The molecule has 4 unspecified atom stereocenters. The van der Waals surface area contributed by atoms with Gasteiger partial charge in [-0.3, -0.25) is 0 Å². The van der Waals surface area contributed by atoms with E-state index in [1.807, 2.05) is 0 Å². The minimum absolute atomic E-state index is 0.634. The predicted octanol–water partition coefficient (Wildman–Crippen LogP) is -3.23. The Morgan fingerprint density at radius 1 is 0.586 bits per heavy atom. The summed E-state index contributed by atoms with van der Waals surface area (Å²) in [7, 11) is -11.4. The van der Waals surface area contributed by atoms with Crippen molar-refractivity contribution in [2.24, 2.45) is 0 Å². The molecular formula is C16H48N4O7P2. The zero-order chi connectivity index (χ0) is 24.8. The van der Waals surface area contributed by atoms with Crippen molar-refractivity contribution >= 4 is 15.6 Å². The van der Waals surface area contributed by atoms with Gasteiger partial charge in [0.25, 0.3) is 0 Å². The molecule has 184 valence electrons. The molecule has 0 heterocycles. The van der Waals surface area contributed by atoms with Gasteiger partial charge in [0.15, 0.2) is 0 Å². The van der Waals surface area contributed by atoms with Crippen LogP contribution in [0, 0.1) is 0 Å². The number of rotatable bonds is 6. The second kappa shape index (κ2) is 24.4. The highest BCUT2D eigenvalue weighted by atomic mass is 31.3. The maximum Gasteiger partial charge on any atom is 0.0812 e. The number of hydrogen-bond acceptors (Lipinski definition) is 7. The van der Waals surface area contributed by atoms with Crippen molar-refractivity contribution in [1.29, 1.82) is 0 Å². The van der Waals surface area contributed by atoms with Gasteiger partial charge in [-0.05, 0) is 53.4 Å². The van der Waals surface area contributed by atoms with Crippen molar-refractivity contribution in [3.8, 4) is 0 Å². The standard InChI is InChI=1S/4C4H11N.H4O7P2/c4*1-3-4(2)5;1-8(2,3)7-9(4,5)6/h4*4H,3,5H2,1-2H3;(H2,1,2,3)(H2,4,5,6). The van der Waals surface area contributed by atoms with E-state index in [0.717, 1.165) is 0 Å². The largest absolute Gasteiger partial charge is 0.790 e. The van der Waals surface area contributed by atoms with E-state index in [-0.39, 0.29) is 0 Å². The maximum absolute atomic E-state index is 9.32. The molecule has 0 bridgehead atoms. The van der Waals surface area contributed by atoms with Gasteiger partial charge >= 0.3 is 0 Å². The first-order chi connectivity index (χ1) is 12.8. The summed E-state index contributed by atoms with van der Waals surface area (Å²) in [5, 5.41) is 0. The van der Waals surface area contributed by atoms with Crippen LogP contribution in [0.2, 0.25) is 0 Å². The Kier molecular flexibility index (Phi) is 33.2. The SMILES string of the molecule is CCC(C)[NH3+].CCC(C)[NH3+].CCC(C)[NH3+].CCC(C)[NH3+].O=P([O-])([O-])OP(=O)([O-])[O-]. The zero-order valence-corrected chi connectivity index (χ0v) is 21.5. The van der Waals surface area contributed by atoms with Gasteiger partial charge in [0.1, 0.15) is 0 Å². The fourth-order valence-electron chi connectivity index (χ4n) is 0.122. The third kappa shape index (κ3) is 96.3. The van der Waals surface area contributed by atoms with E-state index in [2.05, 4.69) is 82.6 Å². The first-order valence-corrected chi connectivity index (χ1v) is 12.8. The zero-order valence-electron chi connectivity index (χ0n) is 19.7. The summed E-state index contributed by atoms with van der Waals surface area (Å²) in [6, 6.07) is 2.54. The quantitative estimate of drug-likeness (QED) is 0.288. The van der Waals surface area contributed by atoms with E-state index in [9.17, 15) is 28.7 Å². The van der Waals surface area contributed by atoms with Gasteiger partial charge < -0.3 is 55.9 Å². The lowest BCUT2D eigenvalue weighted by Crippen LogP contribution is -2.58. The third-order valence-corrected chi connectivity index (χ3v) is 4.59. The minimum atomic E-state index is -5.68. The summed E-state index contributed by atoms with van der Waals surface area (Å²) in [6.45, 7) is 17.0. The molecule has 0 spiro atoms. The number of quaternary nitrogens is 4. The first-order valence-electron chi connectivity index (χ1n) is 9.86. The van der Waals surface area contributed by atoms with E-state index in [1.165, 1.54) is 25.7 Å². The maximum atomic E-state index is 9.32. The van der Waals surface area contributed by atoms with Crippen molar-refractivity contribution in [2.45, 2.75) is 105 Å². The number of phosphoric acid groups is 2. The average molecular weight is 471 g/mol. The van der Waals surface area contributed by atoms with Crippen LogP contribution in [0.3, 0.4) is 0 Å². The average Bonchev–Trinajstić information content (AvgIpc) is 2.53. The molecule has 13 heteroatoms. The van der Waals surface area contributed by atoms with Crippen molar-refractivity contribution in [3.05, 3.63) is 0 Å². The smallest absolute Gasteiger partial charge is 0.0812 e. The Morgan fingerprint density at radius 2 is 0.690 bits per heavy atom. The van der Waals surface area contributed by atoms with Gasteiger partial charge in [-0.25, -0.2) is 0 Å². The second-order valence-corrected chi connectivity index (χ2v) is 9.47. The molecule has 0 amide bonds. The van der Waals surface area contributed by atoms with Crippen LogP contribution in [-0.4, -0.2) is 24.2 Å². The third-order valence-electron chi connectivity index (χ3n) is 2.99. The first kappa shape index (κ1) is 39.6. The van der Waals surface area contributed by atoms with Gasteiger partial charge in [-0.15, -0.1) is 0 Å². The molecule has 0 aliphatic rings. The molecule has 0 aromatic heterocycles. The van der Waals surface area contributed by atoms with E-state index in [1.54, 1.807) is 0 Å². The molecule has 12 N–H and O–H groups in total. The molecule has 11 nitrogen and oxygen atoms in total. The Balaban J connectivity index is -0.0000000853. The fraction of sp³-hybridized carbons (Fsp3) is 1.00. The van der Waals surface area contributed by atoms with Crippen LogP contribution in [0.25, 0.3) is 0 Å². The normalized spacial score (nSPS) is 14.6. The van der Waals surface area contributed by atoms with Crippen LogP contribution in [0.5, 0.6) is 0 Å². The number of hydrogen-bond donors (Lipinski definition) is 4.